The van der Waals surface area contributed by atoms with Crippen LogP contribution in [-0.4, -0.2) is 22.1 Å². The van der Waals surface area contributed by atoms with Crippen molar-refractivity contribution in [2.75, 3.05) is 0 Å². The lowest BCUT2D eigenvalue weighted by Gasteiger charge is -2.05. The number of halogens is 1. The molecule has 70 valence electrons. The Balaban J connectivity index is 2.64. The maximum Gasteiger partial charge on any atom is 0.320 e. The van der Waals surface area contributed by atoms with Crippen LogP contribution in [0.15, 0.2) is 18.3 Å². The summed E-state index contributed by atoms with van der Waals surface area (Å²) in [6.07, 6.45) is 1.96. The van der Waals surface area contributed by atoms with Crippen molar-refractivity contribution in [3.63, 3.8) is 0 Å². The van der Waals surface area contributed by atoms with E-state index in [0.29, 0.717) is 6.42 Å². The van der Waals surface area contributed by atoms with E-state index in [9.17, 15) is 4.79 Å². The minimum absolute atomic E-state index is 0.319. The number of carboxylic acids is 1. The maximum atomic E-state index is 10.4. The molecule has 1 aromatic rings. The summed E-state index contributed by atoms with van der Waals surface area (Å²) in [6.45, 7) is 0. The van der Waals surface area contributed by atoms with E-state index in [-0.39, 0.29) is 0 Å². The predicted octanol–water partition coefficient (Wildman–Crippen LogP) is 0.641. The standard InChI is InChI=1S/C8H9IN2O2/c9-7-2-1-5(4-11-7)3-6(10)8(12)13/h1-2,4,6H,3,10H2,(H,12,13)/t6-/m0/s1. The van der Waals surface area contributed by atoms with Crippen molar-refractivity contribution in [3.05, 3.63) is 27.6 Å². The first-order valence-corrected chi connectivity index (χ1v) is 4.76. The molecule has 0 spiro atoms. The molecule has 0 fully saturated rings. The number of hydrogen-bond acceptors (Lipinski definition) is 3. The van der Waals surface area contributed by atoms with Crippen LogP contribution in [0.25, 0.3) is 0 Å². The molecule has 4 nitrogen and oxygen atoms in total. The summed E-state index contributed by atoms with van der Waals surface area (Å²) >= 11 is 2.08. The molecule has 0 aliphatic rings. The molecule has 1 rings (SSSR count). The number of aliphatic carboxylic acids is 1. The number of carboxylic acid groups (broad SMARTS) is 1. The van der Waals surface area contributed by atoms with Gasteiger partial charge >= 0.3 is 5.97 Å². The van der Waals surface area contributed by atoms with E-state index in [1.807, 2.05) is 12.1 Å². The normalized spacial score (nSPS) is 12.5. The Hall–Kier alpha value is -0.690. The summed E-state index contributed by atoms with van der Waals surface area (Å²) in [5.41, 5.74) is 6.20. The summed E-state index contributed by atoms with van der Waals surface area (Å²) in [4.78, 5) is 14.5. The van der Waals surface area contributed by atoms with E-state index in [1.165, 1.54) is 0 Å². The van der Waals surface area contributed by atoms with E-state index >= 15 is 0 Å². The van der Waals surface area contributed by atoms with E-state index in [2.05, 4.69) is 27.6 Å². The summed E-state index contributed by atoms with van der Waals surface area (Å²) in [7, 11) is 0. The number of pyridine rings is 1. The van der Waals surface area contributed by atoms with Crippen molar-refractivity contribution in [1.82, 2.24) is 4.98 Å². The lowest BCUT2D eigenvalue weighted by molar-refractivity contribution is -0.138. The second-order valence-electron chi connectivity index (χ2n) is 2.64. The Morgan fingerprint density at radius 3 is 2.85 bits per heavy atom. The average Bonchev–Trinajstić information content (AvgIpc) is 2.08. The van der Waals surface area contributed by atoms with E-state index < -0.39 is 12.0 Å². The van der Waals surface area contributed by atoms with Crippen LogP contribution in [-0.2, 0) is 11.2 Å². The van der Waals surface area contributed by atoms with Gasteiger partial charge in [-0.25, -0.2) is 0 Å². The quantitative estimate of drug-likeness (QED) is 0.633. The first kappa shape index (κ1) is 10.4. The molecule has 3 N–H and O–H groups in total. The topological polar surface area (TPSA) is 76.2 Å². The van der Waals surface area contributed by atoms with Gasteiger partial charge in [0.2, 0.25) is 0 Å². The fourth-order valence-electron chi connectivity index (χ4n) is 0.868. The van der Waals surface area contributed by atoms with Crippen LogP contribution in [0.5, 0.6) is 0 Å². The van der Waals surface area contributed by atoms with Crippen molar-refractivity contribution < 1.29 is 9.90 Å². The lowest BCUT2D eigenvalue weighted by Crippen LogP contribution is -2.32. The molecular formula is C8H9IN2O2. The van der Waals surface area contributed by atoms with Gasteiger partial charge in [0.25, 0.3) is 0 Å². The molecule has 5 heteroatoms. The van der Waals surface area contributed by atoms with Crippen molar-refractivity contribution in [2.24, 2.45) is 5.73 Å². The summed E-state index contributed by atoms with van der Waals surface area (Å²) in [5, 5.41) is 8.55. The van der Waals surface area contributed by atoms with E-state index in [1.54, 1.807) is 6.20 Å². The van der Waals surface area contributed by atoms with Gasteiger partial charge in [-0.3, -0.25) is 9.78 Å². The van der Waals surface area contributed by atoms with Crippen LogP contribution in [0.1, 0.15) is 5.56 Å². The SMILES string of the molecule is N[C@@H](Cc1ccc(I)nc1)C(=O)O. The zero-order valence-corrected chi connectivity index (χ0v) is 8.93. The maximum absolute atomic E-state index is 10.4. The first-order chi connectivity index (χ1) is 6.09. The van der Waals surface area contributed by atoms with Gasteiger partial charge < -0.3 is 10.8 Å². The average molecular weight is 292 g/mol. The molecule has 1 atom stereocenters. The number of hydrogen-bond donors (Lipinski definition) is 2. The third kappa shape index (κ3) is 3.27. The van der Waals surface area contributed by atoms with E-state index in [4.69, 9.17) is 10.8 Å². The highest BCUT2D eigenvalue weighted by Crippen LogP contribution is 2.04. The summed E-state index contributed by atoms with van der Waals surface area (Å²) < 4.78 is 0.880. The smallest absolute Gasteiger partial charge is 0.320 e. The molecule has 0 radical (unpaired) electrons. The third-order valence-corrected chi connectivity index (χ3v) is 2.20. The Morgan fingerprint density at radius 2 is 2.38 bits per heavy atom. The van der Waals surface area contributed by atoms with Crippen molar-refractivity contribution in [2.45, 2.75) is 12.5 Å². The largest absolute Gasteiger partial charge is 0.480 e. The second kappa shape index (κ2) is 4.52. The number of aromatic nitrogens is 1. The Bertz CT molecular complexity index is 300. The number of carbonyl (C=O) groups is 1. The molecule has 0 saturated carbocycles. The van der Waals surface area contributed by atoms with Gasteiger partial charge in [-0.15, -0.1) is 0 Å². The Labute approximate surface area is 89.3 Å². The highest BCUT2D eigenvalue weighted by molar-refractivity contribution is 14.1. The molecular weight excluding hydrogens is 283 g/mol. The molecule has 0 aliphatic carbocycles. The van der Waals surface area contributed by atoms with Gasteiger partial charge in [0, 0.05) is 6.20 Å². The number of nitrogens with zero attached hydrogens (tertiary/aromatic N) is 1. The van der Waals surface area contributed by atoms with Crippen molar-refractivity contribution >= 4 is 28.6 Å². The zero-order chi connectivity index (χ0) is 9.84. The minimum atomic E-state index is -0.987. The third-order valence-electron chi connectivity index (χ3n) is 1.56. The van der Waals surface area contributed by atoms with Crippen LogP contribution in [0.4, 0.5) is 0 Å². The molecule has 0 bridgehead atoms. The molecule has 1 aromatic heterocycles. The first-order valence-electron chi connectivity index (χ1n) is 3.68. The molecule has 0 aliphatic heterocycles. The van der Waals surface area contributed by atoms with Crippen molar-refractivity contribution in [3.8, 4) is 0 Å². The van der Waals surface area contributed by atoms with Crippen LogP contribution < -0.4 is 5.73 Å². The molecule has 0 amide bonds. The van der Waals surface area contributed by atoms with Gasteiger partial charge in [-0.1, -0.05) is 6.07 Å². The monoisotopic (exact) mass is 292 g/mol. The summed E-state index contributed by atoms with van der Waals surface area (Å²) in [5.74, 6) is -0.987. The predicted molar refractivity (Wildman–Crippen MR) is 56.3 cm³/mol. The van der Waals surface area contributed by atoms with Crippen LogP contribution in [0, 0.1) is 3.70 Å². The fourth-order valence-corrected chi connectivity index (χ4v) is 1.19. The molecule has 0 unspecified atom stereocenters. The highest BCUT2D eigenvalue weighted by atomic mass is 127. The Kier molecular flexibility index (Phi) is 3.61. The van der Waals surface area contributed by atoms with Crippen molar-refractivity contribution in [1.29, 1.82) is 0 Å². The number of rotatable bonds is 3. The van der Waals surface area contributed by atoms with Crippen LogP contribution >= 0.6 is 22.6 Å². The molecule has 0 saturated heterocycles. The van der Waals surface area contributed by atoms with Gasteiger partial charge in [0.05, 0.1) is 0 Å². The van der Waals surface area contributed by atoms with Crippen LogP contribution in [0.3, 0.4) is 0 Å². The Morgan fingerprint density at radius 1 is 1.69 bits per heavy atom. The molecule has 13 heavy (non-hydrogen) atoms. The van der Waals surface area contributed by atoms with Gasteiger partial charge in [-0.05, 0) is 40.6 Å². The van der Waals surface area contributed by atoms with E-state index in [0.717, 1.165) is 9.26 Å². The number of nitrogens with two attached hydrogens (primary N) is 1. The van der Waals surface area contributed by atoms with Crippen LogP contribution in [0.2, 0.25) is 0 Å². The molecule has 0 aromatic carbocycles. The summed E-state index contributed by atoms with van der Waals surface area (Å²) in [6, 6.07) is 2.81. The fraction of sp³-hybridized carbons (Fsp3) is 0.250. The van der Waals surface area contributed by atoms with Gasteiger partial charge in [0.15, 0.2) is 0 Å². The minimum Gasteiger partial charge on any atom is -0.480 e. The van der Waals surface area contributed by atoms with Gasteiger partial charge in [0.1, 0.15) is 9.74 Å². The zero-order valence-electron chi connectivity index (χ0n) is 6.77. The molecule has 1 heterocycles. The second-order valence-corrected chi connectivity index (χ2v) is 3.74. The highest BCUT2D eigenvalue weighted by Gasteiger charge is 2.11. The van der Waals surface area contributed by atoms with Gasteiger partial charge in [-0.2, -0.15) is 0 Å². The lowest BCUT2D eigenvalue weighted by atomic mass is 10.1.